The minimum absolute atomic E-state index is 0.0895. The van der Waals surface area contributed by atoms with Crippen molar-refractivity contribution in [2.45, 2.75) is 38.6 Å². The molecule has 0 bridgehead atoms. The van der Waals surface area contributed by atoms with Crippen LogP contribution >= 0.6 is 11.6 Å². The molecule has 0 N–H and O–H groups in total. The molecule has 9 heteroatoms. The van der Waals surface area contributed by atoms with Gasteiger partial charge in [0.05, 0.1) is 36.5 Å². The largest absolute Gasteiger partial charge is 0.495 e. The van der Waals surface area contributed by atoms with Crippen LogP contribution < -0.4 is 10.3 Å². The zero-order chi connectivity index (χ0) is 28.6. The van der Waals surface area contributed by atoms with Gasteiger partial charge in [-0.15, -0.1) is 0 Å². The maximum Gasteiger partial charge on any atom is 0.338 e. The fourth-order valence-electron chi connectivity index (χ4n) is 5.00. The van der Waals surface area contributed by atoms with Crippen molar-refractivity contribution >= 4 is 23.4 Å². The fraction of sp³-hybridized carbons (Fsp3) is 0.355. The van der Waals surface area contributed by atoms with Crippen molar-refractivity contribution in [3.05, 3.63) is 86.8 Å². The number of likely N-dealkylation sites (tertiary alicyclic amines) is 1. The summed E-state index contributed by atoms with van der Waals surface area (Å²) in [6, 6.07) is 14.3. The number of methoxy groups -OCH3 is 1. The van der Waals surface area contributed by atoms with E-state index in [0.717, 1.165) is 25.2 Å². The quantitative estimate of drug-likeness (QED) is 0.301. The Morgan fingerprint density at radius 3 is 2.45 bits per heavy atom. The van der Waals surface area contributed by atoms with Gasteiger partial charge < -0.3 is 14.0 Å². The third-order valence-electron chi connectivity index (χ3n) is 7.16. The highest BCUT2D eigenvalue weighted by atomic mass is 35.5. The molecule has 0 saturated carbocycles. The van der Waals surface area contributed by atoms with Crippen LogP contribution in [0.15, 0.2) is 59.5 Å². The van der Waals surface area contributed by atoms with Crippen LogP contribution in [-0.2, 0) is 16.0 Å². The summed E-state index contributed by atoms with van der Waals surface area (Å²) < 4.78 is 12.3. The Kier molecular flexibility index (Phi) is 9.75. The SMILES string of the molecule is CCC(C(=O)Cc1ccc(C(=O)OCCN2CCCC2)cc1)n1cc(OC)c(-c2cc(Cl)ccc2C#N)cc1=O. The molecular weight excluding hydrogens is 530 g/mol. The molecule has 1 fully saturated rings. The Labute approximate surface area is 238 Å². The number of hydrogen-bond donors (Lipinski definition) is 0. The summed E-state index contributed by atoms with van der Waals surface area (Å²) in [5.74, 6) is -0.195. The van der Waals surface area contributed by atoms with Crippen molar-refractivity contribution in [1.29, 1.82) is 5.26 Å². The molecule has 8 nitrogen and oxygen atoms in total. The lowest BCUT2D eigenvalue weighted by Gasteiger charge is -2.20. The van der Waals surface area contributed by atoms with Crippen LogP contribution in [0.5, 0.6) is 5.75 Å². The van der Waals surface area contributed by atoms with Crippen LogP contribution in [0.3, 0.4) is 0 Å². The van der Waals surface area contributed by atoms with E-state index in [1.807, 2.05) is 6.92 Å². The van der Waals surface area contributed by atoms with Crippen LogP contribution in [-0.4, -0.2) is 54.6 Å². The summed E-state index contributed by atoms with van der Waals surface area (Å²) in [6.45, 7) is 5.02. The number of ketones is 1. The number of carbonyl (C=O) groups excluding carboxylic acids is 2. The predicted octanol–water partition coefficient (Wildman–Crippen LogP) is 5.06. The van der Waals surface area contributed by atoms with E-state index in [9.17, 15) is 19.6 Å². The number of Topliss-reactive ketones (excluding diaryl/α,β-unsaturated/α-hetero) is 1. The molecule has 1 aliphatic rings. The van der Waals surface area contributed by atoms with Gasteiger partial charge in [-0.1, -0.05) is 30.7 Å². The highest BCUT2D eigenvalue weighted by molar-refractivity contribution is 6.31. The smallest absolute Gasteiger partial charge is 0.338 e. The highest BCUT2D eigenvalue weighted by Gasteiger charge is 2.23. The number of nitrogens with zero attached hydrogens (tertiary/aromatic N) is 3. The molecule has 1 saturated heterocycles. The number of benzene rings is 2. The van der Waals surface area contributed by atoms with Crippen molar-refractivity contribution in [1.82, 2.24) is 9.47 Å². The number of halogens is 1. The van der Waals surface area contributed by atoms with Crippen molar-refractivity contribution in [3.8, 4) is 22.9 Å². The summed E-state index contributed by atoms with van der Waals surface area (Å²) in [7, 11) is 1.46. The second-order valence-electron chi connectivity index (χ2n) is 9.75. The van der Waals surface area contributed by atoms with Crippen molar-refractivity contribution in [2.24, 2.45) is 0 Å². The Hall–Kier alpha value is -3.93. The monoisotopic (exact) mass is 561 g/mol. The first kappa shape index (κ1) is 29.1. The molecule has 0 amide bonds. The first-order chi connectivity index (χ1) is 19.3. The van der Waals surface area contributed by atoms with Gasteiger partial charge in [0.1, 0.15) is 12.4 Å². The van der Waals surface area contributed by atoms with E-state index in [4.69, 9.17) is 21.1 Å². The number of esters is 1. The number of nitriles is 1. The molecule has 0 spiro atoms. The van der Waals surface area contributed by atoms with Gasteiger partial charge in [-0.25, -0.2) is 4.79 Å². The van der Waals surface area contributed by atoms with E-state index < -0.39 is 11.6 Å². The van der Waals surface area contributed by atoms with Crippen LogP contribution in [0.1, 0.15) is 53.7 Å². The Morgan fingerprint density at radius 2 is 1.80 bits per heavy atom. The molecule has 1 unspecified atom stereocenters. The Bertz CT molecular complexity index is 1470. The minimum Gasteiger partial charge on any atom is -0.495 e. The minimum atomic E-state index is -0.722. The molecule has 1 aliphatic heterocycles. The molecule has 40 heavy (non-hydrogen) atoms. The zero-order valence-corrected chi connectivity index (χ0v) is 23.4. The lowest BCUT2D eigenvalue weighted by molar-refractivity contribution is -0.121. The van der Waals surface area contributed by atoms with E-state index >= 15 is 0 Å². The fourth-order valence-corrected chi connectivity index (χ4v) is 5.17. The van der Waals surface area contributed by atoms with Gasteiger partial charge in [0.25, 0.3) is 5.56 Å². The number of hydrogen-bond acceptors (Lipinski definition) is 7. The average molecular weight is 562 g/mol. The van der Waals surface area contributed by atoms with Crippen LogP contribution in [0.2, 0.25) is 5.02 Å². The third-order valence-corrected chi connectivity index (χ3v) is 7.39. The number of pyridine rings is 1. The summed E-state index contributed by atoms with van der Waals surface area (Å²) in [5, 5.41) is 9.95. The average Bonchev–Trinajstić information content (AvgIpc) is 3.48. The standard InChI is InChI=1S/C31H32ClN3O5/c1-3-27(35-20-29(39-2)26(18-30(35)37)25-17-24(32)11-10-23(25)19-33)28(36)16-21-6-8-22(9-7-21)31(38)40-15-14-34-12-4-5-13-34/h6-11,17-18,20,27H,3-5,12-16H2,1-2H3. The summed E-state index contributed by atoms with van der Waals surface area (Å²) in [5.41, 5.74) is 2.01. The van der Waals surface area contributed by atoms with Gasteiger partial charge in [0, 0.05) is 35.2 Å². The molecule has 1 atom stereocenters. The zero-order valence-electron chi connectivity index (χ0n) is 22.7. The number of carbonyl (C=O) groups is 2. The molecule has 2 heterocycles. The normalized spacial score (nSPS) is 13.9. The predicted molar refractivity (Wildman–Crippen MR) is 153 cm³/mol. The molecular formula is C31H32ClN3O5. The summed E-state index contributed by atoms with van der Waals surface area (Å²) >= 11 is 6.15. The van der Waals surface area contributed by atoms with Crippen molar-refractivity contribution in [3.63, 3.8) is 0 Å². The Morgan fingerprint density at radius 1 is 1.07 bits per heavy atom. The van der Waals surface area contributed by atoms with Gasteiger partial charge in [-0.2, -0.15) is 5.26 Å². The number of aromatic nitrogens is 1. The van der Waals surface area contributed by atoms with Crippen molar-refractivity contribution in [2.75, 3.05) is 33.4 Å². The van der Waals surface area contributed by atoms with Gasteiger partial charge in [-0.05, 0) is 68.2 Å². The molecule has 2 aromatic carbocycles. The second kappa shape index (κ2) is 13.4. The van der Waals surface area contributed by atoms with E-state index in [-0.39, 0.29) is 18.2 Å². The lowest BCUT2D eigenvalue weighted by atomic mass is 9.98. The summed E-state index contributed by atoms with van der Waals surface area (Å²) in [4.78, 5) is 41.2. The molecule has 0 radical (unpaired) electrons. The molecule has 208 valence electrons. The van der Waals surface area contributed by atoms with Gasteiger partial charge >= 0.3 is 5.97 Å². The van der Waals surface area contributed by atoms with Gasteiger partial charge in [-0.3, -0.25) is 14.5 Å². The van der Waals surface area contributed by atoms with Crippen LogP contribution in [0, 0.1) is 11.3 Å². The summed E-state index contributed by atoms with van der Waals surface area (Å²) in [6.07, 6.45) is 4.36. The first-order valence-electron chi connectivity index (χ1n) is 13.4. The van der Waals surface area contributed by atoms with Gasteiger partial charge in [0.15, 0.2) is 5.78 Å². The topological polar surface area (TPSA) is 102 Å². The second-order valence-corrected chi connectivity index (χ2v) is 10.2. The highest BCUT2D eigenvalue weighted by Crippen LogP contribution is 2.33. The van der Waals surface area contributed by atoms with Crippen LogP contribution in [0.25, 0.3) is 11.1 Å². The van der Waals surface area contributed by atoms with E-state index in [0.29, 0.717) is 46.1 Å². The van der Waals surface area contributed by atoms with Crippen molar-refractivity contribution < 1.29 is 19.1 Å². The third kappa shape index (κ3) is 6.79. The van der Waals surface area contributed by atoms with Crippen LogP contribution in [0.4, 0.5) is 0 Å². The molecule has 0 aliphatic carbocycles. The number of rotatable bonds is 11. The Balaban J connectivity index is 1.47. The number of ether oxygens (including phenoxy) is 2. The molecule has 4 rings (SSSR count). The molecule has 3 aromatic rings. The van der Waals surface area contributed by atoms with E-state index in [2.05, 4.69) is 11.0 Å². The maximum atomic E-state index is 13.3. The van der Waals surface area contributed by atoms with Gasteiger partial charge in [0.2, 0.25) is 0 Å². The van der Waals surface area contributed by atoms with E-state index in [1.54, 1.807) is 42.5 Å². The lowest BCUT2D eigenvalue weighted by Crippen LogP contribution is -2.30. The first-order valence-corrected chi connectivity index (χ1v) is 13.7. The molecule has 1 aromatic heterocycles. The van der Waals surface area contributed by atoms with E-state index in [1.165, 1.54) is 36.8 Å². The maximum absolute atomic E-state index is 13.3.